The Hall–Kier alpha value is -1.42. The lowest BCUT2D eigenvalue weighted by atomic mass is 10.2. The summed E-state index contributed by atoms with van der Waals surface area (Å²) >= 11 is 1.77. The van der Waals surface area contributed by atoms with Crippen molar-refractivity contribution in [3.05, 3.63) is 71.1 Å². The highest BCUT2D eigenvalue weighted by molar-refractivity contribution is 7.98. The zero-order valence-corrected chi connectivity index (χ0v) is 14.1. The molecule has 1 aromatic heterocycles. The number of hydrogen-bond donors (Lipinski definition) is 0. The summed E-state index contributed by atoms with van der Waals surface area (Å²) in [5.74, 6) is 0. The molecular weight excluding hydrogens is 312 g/mol. The summed E-state index contributed by atoms with van der Waals surface area (Å²) in [4.78, 5) is 3.93. The maximum absolute atomic E-state index is 2.26. The Kier molecular flexibility index (Phi) is 4.86. The summed E-state index contributed by atoms with van der Waals surface area (Å²) in [6.07, 6.45) is 6.47. The predicted molar refractivity (Wildman–Crippen MR) is 99.2 cm³/mol. The molecule has 104 valence electrons. The van der Waals surface area contributed by atoms with Gasteiger partial charge < -0.3 is 0 Å². The fourth-order valence-corrected chi connectivity index (χ4v) is 4.64. The third-order valence-electron chi connectivity index (χ3n) is 3.12. The van der Waals surface area contributed by atoms with Crippen molar-refractivity contribution in [3.63, 3.8) is 0 Å². The Bertz CT molecular complexity index is 725. The van der Waals surface area contributed by atoms with Gasteiger partial charge in [0.25, 0.3) is 4.88 Å². The molecule has 2 aromatic carbocycles. The highest BCUT2D eigenvalue weighted by Gasteiger charge is 2.13. The molecule has 0 unspecified atom stereocenters. The summed E-state index contributed by atoms with van der Waals surface area (Å²) < 4.78 is 0. The first-order valence-electron chi connectivity index (χ1n) is 6.66. The van der Waals surface area contributed by atoms with Crippen LogP contribution in [0.5, 0.6) is 0 Å². The largest absolute Gasteiger partial charge is 0.301 e. The molecule has 0 saturated heterocycles. The van der Waals surface area contributed by atoms with Crippen molar-refractivity contribution >= 4 is 44.6 Å². The molecule has 21 heavy (non-hydrogen) atoms. The van der Waals surface area contributed by atoms with Crippen LogP contribution in [0.1, 0.15) is 10.4 Å². The van der Waals surface area contributed by atoms with E-state index < -0.39 is 0 Å². The maximum atomic E-state index is 2.26. The third-order valence-corrected chi connectivity index (χ3v) is 6.29. The Balaban J connectivity index is 1.76. The zero-order chi connectivity index (χ0) is 14.5. The minimum atomic E-state index is 1.24. The van der Waals surface area contributed by atoms with Gasteiger partial charge in [-0.1, -0.05) is 36.4 Å². The minimum absolute atomic E-state index is 1.24. The Morgan fingerprint density at radius 2 is 1.71 bits per heavy atom. The van der Waals surface area contributed by atoms with E-state index in [0.717, 1.165) is 0 Å². The lowest BCUT2D eigenvalue weighted by molar-refractivity contribution is 1.45. The number of thioether (sulfide) groups is 1. The molecule has 0 amide bonds. The van der Waals surface area contributed by atoms with Crippen LogP contribution in [-0.2, 0) is 0 Å². The molecule has 0 aliphatic heterocycles. The average Bonchev–Trinajstić information content (AvgIpc) is 3.03. The molecule has 0 fully saturated rings. The van der Waals surface area contributed by atoms with E-state index in [1.165, 1.54) is 25.8 Å². The Morgan fingerprint density at radius 3 is 2.43 bits per heavy atom. The van der Waals surface area contributed by atoms with E-state index >= 15 is 0 Å². The lowest BCUT2D eigenvalue weighted by Crippen LogP contribution is -1.72. The van der Waals surface area contributed by atoms with Crippen molar-refractivity contribution < 1.29 is 0 Å². The van der Waals surface area contributed by atoms with Crippen LogP contribution in [0.3, 0.4) is 0 Å². The van der Waals surface area contributed by atoms with Gasteiger partial charge >= 0.3 is 10.3 Å². The normalized spacial score (nSPS) is 11.1. The molecule has 0 N–H and O–H groups in total. The third kappa shape index (κ3) is 3.82. The van der Waals surface area contributed by atoms with Gasteiger partial charge in [-0.3, -0.25) is 0 Å². The van der Waals surface area contributed by atoms with E-state index in [1.54, 1.807) is 11.8 Å². The quantitative estimate of drug-likeness (QED) is 0.294. The van der Waals surface area contributed by atoms with Crippen molar-refractivity contribution in [2.45, 2.75) is 4.90 Å². The van der Waals surface area contributed by atoms with Crippen molar-refractivity contribution in [2.24, 2.45) is 0 Å². The molecule has 3 aromatic rings. The molecule has 1 heterocycles. The van der Waals surface area contributed by atoms with Crippen LogP contribution in [0.15, 0.2) is 65.6 Å². The molecule has 0 radical (unpaired) electrons. The molecular formula is C18H15S3+. The first kappa shape index (κ1) is 14.5. The van der Waals surface area contributed by atoms with E-state index in [1.807, 2.05) is 20.7 Å². The Labute approximate surface area is 137 Å². The molecule has 0 aliphatic carbocycles. The second kappa shape index (κ2) is 7.03. The molecule has 0 spiro atoms. The van der Waals surface area contributed by atoms with Crippen LogP contribution in [0.25, 0.3) is 22.6 Å². The summed E-state index contributed by atoms with van der Waals surface area (Å²) in [6.45, 7) is 0. The van der Waals surface area contributed by atoms with Gasteiger partial charge in [-0.05, 0) is 42.2 Å². The molecule has 0 nitrogen and oxygen atoms in total. The molecule has 0 bridgehead atoms. The van der Waals surface area contributed by atoms with E-state index in [2.05, 4.69) is 79.1 Å². The van der Waals surface area contributed by atoms with Crippen LogP contribution in [0.4, 0.5) is 0 Å². The summed E-state index contributed by atoms with van der Waals surface area (Å²) in [5.41, 5.74) is 2.54. The van der Waals surface area contributed by atoms with Gasteiger partial charge in [0.1, 0.15) is 0 Å². The summed E-state index contributed by atoms with van der Waals surface area (Å²) in [7, 11) is 3.65. The topological polar surface area (TPSA) is 0 Å². The predicted octanol–water partition coefficient (Wildman–Crippen LogP) is 6.65. The smallest absolute Gasteiger partial charge is 0.130 e. The summed E-state index contributed by atoms with van der Waals surface area (Å²) in [5, 5.41) is 0. The van der Waals surface area contributed by atoms with Crippen molar-refractivity contribution in [1.29, 1.82) is 0 Å². The SMILES string of the molecule is CSc1ccc(/C=C/c2cc(-c3ccccc3)[s+]s2)cc1. The van der Waals surface area contributed by atoms with Crippen LogP contribution in [0, 0.1) is 0 Å². The van der Waals surface area contributed by atoms with Gasteiger partial charge in [0.2, 0.25) is 0 Å². The van der Waals surface area contributed by atoms with Crippen LogP contribution in [-0.4, -0.2) is 6.26 Å². The van der Waals surface area contributed by atoms with E-state index in [0.29, 0.717) is 0 Å². The van der Waals surface area contributed by atoms with Gasteiger partial charge in [-0.15, -0.1) is 11.8 Å². The van der Waals surface area contributed by atoms with Gasteiger partial charge in [-0.2, -0.15) is 0 Å². The zero-order valence-electron chi connectivity index (χ0n) is 11.7. The molecule has 0 aliphatic rings. The van der Waals surface area contributed by atoms with Crippen molar-refractivity contribution in [2.75, 3.05) is 6.26 Å². The van der Waals surface area contributed by atoms with Crippen LogP contribution in [0.2, 0.25) is 0 Å². The average molecular weight is 328 g/mol. The first-order valence-corrected chi connectivity index (χ1v) is 10.0. The number of benzene rings is 2. The molecule has 0 atom stereocenters. The van der Waals surface area contributed by atoms with Crippen molar-refractivity contribution in [3.8, 4) is 10.4 Å². The number of hydrogen-bond acceptors (Lipinski definition) is 2. The monoisotopic (exact) mass is 327 g/mol. The molecule has 3 rings (SSSR count). The second-order valence-corrected chi connectivity index (χ2v) is 7.67. The van der Waals surface area contributed by atoms with Crippen LogP contribution >= 0.6 is 32.4 Å². The van der Waals surface area contributed by atoms with E-state index in [4.69, 9.17) is 0 Å². The summed E-state index contributed by atoms with van der Waals surface area (Å²) in [6, 6.07) is 21.5. The standard InChI is InChI=1S/C18H15S3/c1-19-16-10-7-14(8-11-16)9-12-17-13-18(21-20-17)15-5-3-2-4-6-15/h2-13H,1H3/q+1/b12-9+. The van der Waals surface area contributed by atoms with Gasteiger partial charge in [0, 0.05) is 16.5 Å². The first-order chi connectivity index (χ1) is 10.3. The second-order valence-electron chi connectivity index (χ2n) is 4.55. The molecule has 0 saturated carbocycles. The minimum Gasteiger partial charge on any atom is -0.130 e. The lowest BCUT2D eigenvalue weighted by Gasteiger charge is -1.96. The highest BCUT2D eigenvalue weighted by atomic mass is 32.9. The maximum Gasteiger partial charge on any atom is 0.301 e. The van der Waals surface area contributed by atoms with Crippen molar-refractivity contribution in [1.82, 2.24) is 0 Å². The van der Waals surface area contributed by atoms with Gasteiger partial charge in [0.05, 0.1) is 4.88 Å². The fourth-order valence-electron chi connectivity index (χ4n) is 1.97. The number of rotatable bonds is 4. The Morgan fingerprint density at radius 1 is 0.952 bits per heavy atom. The fraction of sp³-hybridized carbons (Fsp3) is 0.0556. The molecule has 3 heteroatoms. The van der Waals surface area contributed by atoms with E-state index in [-0.39, 0.29) is 0 Å². The highest BCUT2D eigenvalue weighted by Crippen LogP contribution is 2.32. The van der Waals surface area contributed by atoms with E-state index in [9.17, 15) is 0 Å². The van der Waals surface area contributed by atoms with Gasteiger partial charge in [0.15, 0.2) is 10.3 Å². The van der Waals surface area contributed by atoms with Crippen LogP contribution < -0.4 is 0 Å². The van der Waals surface area contributed by atoms with Gasteiger partial charge in [-0.25, -0.2) is 0 Å².